The Morgan fingerprint density at radius 3 is 2.55 bits per heavy atom. The van der Waals surface area contributed by atoms with Gasteiger partial charge in [-0.15, -0.1) is 0 Å². The molecule has 0 saturated carbocycles. The number of likely N-dealkylation sites (tertiary alicyclic amines) is 1. The molecule has 1 heterocycles. The van der Waals surface area contributed by atoms with Crippen LogP contribution >= 0.6 is 0 Å². The van der Waals surface area contributed by atoms with Crippen molar-refractivity contribution >= 4 is 0 Å². The maximum atomic E-state index is 2.47. The Morgan fingerprint density at radius 1 is 1.09 bits per heavy atom. The molecule has 66 valence electrons. The van der Waals surface area contributed by atoms with E-state index < -0.39 is 0 Å². The molecule has 2 unspecified atom stereocenters. The Bertz CT molecular complexity index is 111. The van der Waals surface area contributed by atoms with E-state index in [4.69, 9.17) is 0 Å². The van der Waals surface area contributed by atoms with Crippen molar-refractivity contribution in [1.82, 2.24) is 4.90 Å². The Hall–Kier alpha value is -0.0400. The molecule has 1 rings (SSSR count). The van der Waals surface area contributed by atoms with Crippen LogP contribution in [0.25, 0.3) is 0 Å². The highest BCUT2D eigenvalue weighted by Gasteiger charge is 2.16. The Balaban J connectivity index is 2.38. The minimum absolute atomic E-state index is 0.889. The normalized spacial score (nSPS) is 36.3. The first kappa shape index (κ1) is 9.05. The lowest BCUT2D eigenvalue weighted by molar-refractivity contribution is 0.205. The van der Waals surface area contributed by atoms with Gasteiger partial charge >= 0.3 is 0 Å². The summed E-state index contributed by atoms with van der Waals surface area (Å²) in [5, 5.41) is 0. The second-order valence-corrected chi connectivity index (χ2v) is 4.21. The lowest BCUT2D eigenvalue weighted by Crippen LogP contribution is -2.30. The second-order valence-electron chi connectivity index (χ2n) is 4.21. The number of rotatable bonds is 0. The first-order chi connectivity index (χ1) is 5.20. The number of nitrogens with zero attached hydrogens (tertiary/aromatic N) is 1. The molecule has 11 heavy (non-hydrogen) atoms. The number of hydrogen-bond donors (Lipinski definition) is 0. The third-order valence-electron chi connectivity index (χ3n) is 3.02. The highest BCUT2D eigenvalue weighted by Crippen LogP contribution is 2.21. The summed E-state index contributed by atoms with van der Waals surface area (Å²) in [7, 11) is 2.24. The van der Waals surface area contributed by atoms with Crippen LogP contribution in [0.15, 0.2) is 0 Å². The summed E-state index contributed by atoms with van der Waals surface area (Å²) in [5.41, 5.74) is 0. The van der Waals surface area contributed by atoms with Gasteiger partial charge in [0.15, 0.2) is 0 Å². The van der Waals surface area contributed by atoms with Crippen molar-refractivity contribution < 1.29 is 0 Å². The minimum Gasteiger partial charge on any atom is -0.306 e. The van der Waals surface area contributed by atoms with Gasteiger partial charge in [-0.05, 0) is 31.8 Å². The summed E-state index contributed by atoms with van der Waals surface area (Å²) in [6.07, 6.45) is 4.26. The van der Waals surface area contributed by atoms with Crippen LogP contribution in [0.2, 0.25) is 0 Å². The predicted molar refractivity (Wildman–Crippen MR) is 49.7 cm³/mol. The van der Waals surface area contributed by atoms with Crippen molar-refractivity contribution in [2.24, 2.45) is 11.8 Å². The maximum Gasteiger partial charge on any atom is 0.000651 e. The molecule has 0 spiro atoms. The topological polar surface area (TPSA) is 3.24 Å². The third kappa shape index (κ3) is 2.82. The smallest absolute Gasteiger partial charge is 0.000651 e. The van der Waals surface area contributed by atoms with Crippen LogP contribution in [0.1, 0.15) is 33.1 Å². The Morgan fingerprint density at radius 2 is 1.82 bits per heavy atom. The van der Waals surface area contributed by atoms with Gasteiger partial charge in [-0.25, -0.2) is 0 Å². The average Bonchev–Trinajstić information content (AvgIpc) is 1.95. The quantitative estimate of drug-likeness (QED) is 0.519. The van der Waals surface area contributed by atoms with Crippen LogP contribution in [0, 0.1) is 11.8 Å². The zero-order valence-electron chi connectivity index (χ0n) is 8.14. The standard InChI is InChI=1S/C10H21N/c1-9-6-4-5-7-11(3)8-10(9)2/h9-10H,4-8H2,1-3H3. The SMILES string of the molecule is CC1CCCCN(C)CC1C. The number of hydrogen-bond acceptors (Lipinski definition) is 1. The van der Waals surface area contributed by atoms with Crippen LogP contribution in [0.4, 0.5) is 0 Å². The molecule has 0 aromatic heterocycles. The summed E-state index contributed by atoms with van der Waals surface area (Å²) >= 11 is 0. The molecule has 1 aliphatic rings. The van der Waals surface area contributed by atoms with Gasteiger partial charge in [0.1, 0.15) is 0 Å². The molecule has 2 atom stereocenters. The van der Waals surface area contributed by atoms with Crippen molar-refractivity contribution in [3.63, 3.8) is 0 Å². The molecule has 1 heteroatoms. The molecule has 0 N–H and O–H groups in total. The lowest BCUT2D eigenvalue weighted by atomic mass is 9.89. The molecule has 0 radical (unpaired) electrons. The molecule has 0 aromatic rings. The molecule has 0 aromatic carbocycles. The molecular weight excluding hydrogens is 134 g/mol. The van der Waals surface area contributed by atoms with E-state index in [1.165, 1.54) is 32.4 Å². The fraction of sp³-hybridized carbons (Fsp3) is 1.00. The highest BCUT2D eigenvalue weighted by atomic mass is 15.1. The summed E-state index contributed by atoms with van der Waals surface area (Å²) in [5.74, 6) is 1.82. The maximum absolute atomic E-state index is 2.47. The zero-order valence-corrected chi connectivity index (χ0v) is 8.14. The van der Waals surface area contributed by atoms with Crippen LogP contribution in [0.5, 0.6) is 0 Å². The van der Waals surface area contributed by atoms with Gasteiger partial charge in [0.05, 0.1) is 0 Å². The van der Waals surface area contributed by atoms with E-state index in [0.29, 0.717) is 0 Å². The van der Waals surface area contributed by atoms with Gasteiger partial charge < -0.3 is 4.90 Å². The van der Waals surface area contributed by atoms with E-state index in [9.17, 15) is 0 Å². The highest BCUT2D eigenvalue weighted by molar-refractivity contribution is 4.69. The van der Waals surface area contributed by atoms with Crippen LogP contribution in [-0.4, -0.2) is 25.0 Å². The van der Waals surface area contributed by atoms with Gasteiger partial charge in [0, 0.05) is 6.54 Å². The van der Waals surface area contributed by atoms with Crippen molar-refractivity contribution in [3.8, 4) is 0 Å². The molecular formula is C10H21N. The molecule has 0 bridgehead atoms. The van der Waals surface area contributed by atoms with Crippen molar-refractivity contribution in [2.75, 3.05) is 20.1 Å². The summed E-state index contributed by atoms with van der Waals surface area (Å²) in [4.78, 5) is 2.47. The van der Waals surface area contributed by atoms with Crippen molar-refractivity contribution in [2.45, 2.75) is 33.1 Å². The second kappa shape index (κ2) is 4.10. The van der Waals surface area contributed by atoms with E-state index in [1.54, 1.807) is 0 Å². The summed E-state index contributed by atoms with van der Waals surface area (Å²) < 4.78 is 0. The zero-order chi connectivity index (χ0) is 8.27. The van der Waals surface area contributed by atoms with E-state index >= 15 is 0 Å². The van der Waals surface area contributed by atoms with E-state index in [1.807, 2.05) is 0 Å². The van der Waals surface area contributed by atoms with Crippen molar-refractivity contribution in [3.05, 3.63) is 0 Å². The molecule has 1 fully saturated rings. The third-order valence-corrected chi connectivity index (χ3v) is 3.02. The van der Waals surface area contributed by atoms with Gasteiger partial charge in [0.2, 0.25) is 0 Å². The van der Waals surface area contributed by atoms with Crippen molar-refractivity contribution in [1.29, 1.82) is 0 Å². The van der Waals surface area contributed by atoms with Gasteiger partial charge in [0.25, 0.3) is 0 Å². The molecule has 1 nitrogen and oxygen atoms in total. The van der Waals surface area contributed by atoms with Crippen LogP contribution < -0.4 is 0 Å². The molecule has 1 aliphatic heterocycles. The van der Waals surface area contributed by atoms with E-state index in [2.05, 4.69) is 25.8 Å². The van der Waals surface area contributed by atoms with Gasteiger partial charge in [-0.2, -0.15) is 0 Å². The first-order valence-corrected chi connectivity index (χ1v) is 4.88. The van der Waals surface area contributed by atoms with E-state index in [0.717, 1.165) is 11.8 Å². The predicted octanol–water partition coefficient (Wildman–Crippen LogP) is 2.37. The van der Waals surface area contributed by atoms with Gasteiger partial charge in [-0.3, -0.25) is 0 Å². The fourth-order valence-corrected chi connectivity index (χ4v) is 1.90. The van der Waals surface area contributed by atoms with Crippen LogP contribution in [-0.2, 0) is 0 Å². The van der Waals surface area contributed by atoms with E-state index in [-0.39, 0.29) is 0 Å². The Labute approximate surface area is 70.8 Å². The van der Waals surface area contributed by atoms with Gasteiger partial charge in [-0.1, -0.05) is 26.7 Å². The molecule has 0 aliphatic carbocycles. The first-order valence-electron chi connectivity index (χ1n) is 4.88. The summed E-state index contributed by atoms with van der Waals surface area (Å²) in [6.45, 7) is 7.37. The fourth-order valence-electron chi connectivity index (χ4n) is 1.90. The molecule has 1 saturated heterocycles. The lowest BCUT2D eigenvalue weighted by Gasteiger charge is -2.28. The average molecular weight is 155 g/mol. The molecule has 0 amide bonds. The van der Waals surface area contributed by atoms with Crippen LogP contribution in [0.3, 0.4) is 0 Å². The minimum atomic E-state index is 0.889. The summed E-state index contributed by atoms with van der Waals surface area (Å²) in [6, 6.07) is 0. The Kier molecular flexibility index (Phi) is 3.38. The monoisotopic (exact) mass is 155 g/mol. The largest absolute Gasteiger partial charge is 0.306 e.